The van der Waals surface area contributed by atoms with Crippen LogP contribution in [-0.2, 0) is 0 Å². The molecule has 5 rings (SSSR count). The molecule has 0 bridgehead atoms. The molecule has 1 aromatic carbocycles. The fourth-order valence-electron chi connectivity index (χ4n) is 3.23. The first-order valence-corrected chi connectivity index (χ1v) is 8.93. The Morgan fingerprint density at radius 2 is 1.68 bits per heavy atom. The number of aryl methyl sites for hydroxylation is 2. The first kappa shape index (κ1) is 16.3. The lowest BCUT2D eigenvalue weighted by molar-refractivity contribution is 0.479. The highest BCUT2D eigenvalue weighted by Crippen LogP contribution is 2.29. The summed E-state index contributed by atoms with van der Waals surface area (Å²) in [4.78, 5) is 13.0. The fourth-order valence-corrected chi connectivity index (χ4v) is 3.23. The van der Waals surface area contributed by atoms with Crippen molar-refractivity contribution in [3.8, 4) is 22.9 Å². The van der Waals surface area contributed by atoms with E-state index in [-0.39, 0.29) is 0 Å². The van der Waals surface area contributed by atoms with E-state index in [4.69, 9.17) is 9.72 Å². The quantitative estimate of drug-likeness (QED) is 0.477. The van der Waals surface area contributed by atoms with Gasteiger partial charge in [-0.25, -0.2) is 15.0 Å². The van der Waals surface area contributed by atoms with E-state index in [0.29, 0.717) is 0 Å². The highest BCUT2D eigenvalue weighted by atomic mass is 16.5. The second kappa shape index (κ2) is 6.38. The summed E-state index contributed by atoms with van der Waals surface area (Å²) >= 11 is 0. The lowest BCUT2D eigenvalue weighted by atomic mass is 10.3. The molecule has 4 heterocycles. The van der Waals surface area contributed by atoms with E-state index in [9.17, 15) is 0 Å². The third kappa shape index (κ3) is 2.73. The van der Waals surface area contributed by atoms with Crippen LogP contribution in [0.15, 0.2) is 74.0 Å². The van der Waals surface area contributed by atoms with E-state index < -0.39 is 0 Å². The molecule has 0 unspecified atom stereocenters. The predicted molar refractivity (Wildman–Crippen MR) is 105 cm³/mol. The summed E-state index contributed by atoms with van der Waals surface area (Å²) < 4.78 is 12.1. The number of imidazole rings is 3. The molecule has 0 fully saturated rings. The number of ether oxygens (including phenoxy) is 1. The summed E-state index contributed by atoms with van der Waals surface area (Å²) in [5.41, 5.74) is 4.83. The van der Waals surface area contributed by atoms with Crippen LogP contribution < -0.4 is 4.74 Å². The molecular formula is C21H18N6O. The maximum Gasteiger partial charge on any atom is 0.161 e. The van der Waals surface area contributed by atoms with Crippen LogP contribution in [0.4, 0.5) is 0 Å². The zero-order chi connectivity index (χ0) is 19.1. The molecule has 0 amide bonds. The maximum absolute atomic E-state index is 6.21. The van der Waals surface area contributed by atoms with Gasteiger partial charge in [-0.3, -0.25) is 4.40 Å². The molecule has 0 aliphatic rings. The SMILES string of the molecule is Cc1nc2c(-n3ccnc3)cc(Oc3cccc(-n4ccnc4)c3)cn2c1C. The number of rotatable bonds is 4. The minimum Gasteiger partial charge on any atom is -0.456 e. The van der Waals surface area contributed by atoms with Crippen LogP contribution in [0.1, 0.15) is 11.4 Å². The van der Waals surface area contributed by atoms with Gasteiger partial charge in [-0.2, -0.15) is 0 Å². The summed E-state index contributed by atoms with van der Waals surface area (Å²) in [6, 6.07) is 9.87. The molecule has 0 spiro atoms. The molecule has 7 heteroatoms. The summed E-state index contributed by atoms with van der Waals surface area (Å²) in [5, 5.41) is 0. The Balaban J connectivity index is 1.60. The van der Waals surface area contributed by atoms with Crippen molar-refractivity contribution >= 4 is 5.65 Å². The highest BCUT2D eigenvalue weighted by molar-refractivity contribution is 5.63. The van der Waals surface area contributed by atoms with E-state index in [1.54, 1.807) is 25.0 Å². The average molecular weight is 370 g/mol. The maximum atomic E-state index is 6.21. The van der Waals surface area contributed by atoms with E-state index in [1.165, 1.54) is 0 Å². The van der Waals surface area contributed by atoms with Gasteiger partial charge in [0.25, 0.3) is 0 Å². The number of nitrogens with zero attached hydrogens (tertiary/aromatic N) is 6. The molecule has 0 saturated heterocycles. The summed E-state index contributed by atoms with van der Waals surface area (Å²) in [6.45, 7) is 4.06. The summed E-state index contributed by atoms with van der Waals surface area (Å²) in [6.07, 6.45) is 12.8. The first-order valence-electron chi connectivity index (χ1n) is 8.93. The number of benzene rings is 1. The minimum atomic E-state index is 0.722. The standard InChI is InChI=1S/C21H18N6O/c1-15-16(2)27-12-19(11-20(21(27)24-15)26-9-7-23-14-26)28-18-5-3-4-17(10-18)25-8-6-22-13-25/h3-14H,1-2H3. The van der Waals surface area contributed by atoms with Crippen LogP contribution in [0.25, 0.3) is 17.0 Å². The van der Waals surface area contributed by atoms with Crippen LogP contribution >= 0.6 is 0 Å². The molecule has 138 valence electrons. The average Bonchev–Trinajstić information content (AvgIpc) is 3.46. The van der Waals surface area contributed by atoms with Gasteiger partial charge in [0.2, 0.25) is 0 Å². The molecule has 28 heavy (non-hydrogen) atoms. The van der Waals surface area contributed by atoms with Crippen LogP contribution in [0, 0.1) is 13.8 Å². The van der Waals surface area contributed by atoms with Gasteiger partial charge in [-0.1, -0.05) is 6.07 Å². The van der Waals surface area contributed by atoms with Crippen LogP contribution in [0.2, 0.25) is 0 Å². The van der Waals surface area contributed by atoms with Crippen molar-refractivity contribution in [2.45, 2.75) is 13.8 Å². The van der Waals surface area contributed by atoms with Crippen molar-refractivity contribution in [3.63, 3.8) is 0 Å². The monoisotopic (exact) mass is 370 g/mol. The molecule has 0 atom stereocenters. The Labute approximate surface area is 161 Å². The van der Waals surface area contributed by atoms with Crippen molar-refractivity contribution in [1.82, 2.24) is 28.5 Å². The smallest absolute Gasteiger partial charge is 0.161 e. The van der Waals surface area contributed by atoms with E-state index >= 15 is 0 Å². The molecule has 5 aromatic rings. The van der Waals surface area contributed by atoms with Crippen molar-refractivity contribution in [1.29, 1.82) is 0 Å². The third-order valence-electron chi connectivity index (χ3n) is 4.79. The Morgan fingerprint density at radius 3 is 2.43 bits per heavy atom. The normalized spacial score (nSPS) is 11.2. The van der Waals surface area contributed by atoms with Gasteiger partial charge in [0.05, 0.1) is 35.9 Å². The molecule has 0 aliphatic heterocycles. The zero-order valence-corrected chi connectivity index (χ0v) is 15.5. The number of aromatic nitrogens is 6. The molecule has 7 nitrogen and oxygen atoms in total. The lowest BCUT2D eigenvalue weighted by Crippen LogP contribution is -1.99. The Hall–Kier alpha value is -3.87. The van der Waals surface area contributed by atoms with E-state index in [0.717, 1.165) is 39.9 Å². The van der Waals surface area contributed by atoms with Gasteiger partial charge < -0.3 is 13.9 Å². The van der Waals surface area contributed by atoms with Crippen LogP contribution in [-0.4, -0.2) is 28.5 Å². The van der Waals surface area contributed by atoms with Crippen molar-refractivity contribution in [3.05, 3.63) is 85.4 Å². The topological polar surface area (TPSA) is 62.2 Å². The first-order chi connectivity index (χ1) is 13.7. The second-order valence-electron chi connectivity index (χ2n) is 6.58. The fraction of sp³-hybridized carbons (Fsp3) is 0.0952. The minimum absolute atomic E-state index is 0.722. The predicted octanol–water partition coefficient (Wildman–Crippen LogP) is 4.11. The molecule has 4 aromatic heterocycles. The molecule has 0 N–H and O–H groups in total. The molecular weight excluding hydrogens is 352 g/mol. The molecule has 0 aliphatic carbocycles. The largest absolute Gasteiger partial charge is 0.456 e. The third-order valence-corrected chi connectivity index (χ3v) is 4.79. The van der Waals surface area contributed by atoms with E-state index in [2.05, 4.69) is 21.3 Å². The molecule has 0 saturated carbocycles. The Bertz CT molecular complexity index is 1250. The van der Waals surface area contributed by atoms with Gasteiger partial charge >= 0.3 is 0 Å². The van der Waals surface area contributed by atoms with Crippen molar-refractivity contribution < 1.29 is 4.74 Å². The van der Waals surface area contributed by atoms with E-state index in [1.807, 2.05) is 65.0 Å². The Kier molecular flexibility index (Phi) is 3.72. The van der Waals surface area contributed by atoms with Crippen molar-refractivity contribution in [2.75, 3.05) is 0 Å². The van der Waals surface area contributed by atoms with Crippen molar-refractivity contribution in [2.24, 2.45) is 0 Å². The molecule has 0 radical (unpaired) electrons. The summed E-state index contributed by atoms with van der Waals surface area (Å²) in [7, 11) is 0. The van der Waals surface area contributed by atoms with Crippen LogP contribution in [0.5, 0.6) is 11.5 Å². The highest BCUT2D eigenvalue weighted by Gasteiger charge is 2.13. The lowest BCUT2D eigenvalue weighted by Gasteiger charge is -2.12. The second-order valence-corrected chi connectivity index (χ2v) is 6.58. The zero-order valence-electron chi connectivity index (χ0n) is 15.5. The number of hydrogen-bond donors (Lipinski definition) is 0. The van der Waals surface area contributed by atoms with Gasteiger partial charge in [0, 0.05) is 42.6 Å². The number of fused-ring (bicyclic) bond motifs is 1. The van der Waals surface area contributed by atoms with Crippen LogP contribution in [0.3, 0.4) is 0 Å². The van der Waals surface area contributed by atoms with Gasteiger partial charge in [-0.05, 0) is 26.0 Å². The Morgan fingerprint density at radius 1 is 0.893 bits per heavy atom. The van der Waals surface area contributed by atoms with Gasteiger partial charge in [0.1, 0.15) is 11.5 Å². The number of hydrogen-bond acceptors (Lipinski definition) is 4. The van der Waals surface area contributed by atoms with Gasteiger partial charge in [-0.15, -0.1) is 0 Å². The number of pyridine rings is 1. The summed E-state index contributed by atoms with van der Waals surface area (Å²) in [5.74, 6) is 1.47. The van der Waals surface area contributed by atoms with Gasteiger partial charge in [0.15, 0.2) is 5.65 Å².